The summed E-state index contributed by atoms with van der Waals surface area (Å²) in [5.41, 5.74) is 0. The van der Waals surface area contributed by atoms with Gasteiger partial charge in [0, 0.05) is 45.9 Å². The van der Waals surface area contributed by atoms with E-state index < -0.39 is 0 Å². The van der Waals surface area contributed by atoms with Crippen molar-refractivity contribution in [1.82, 2.24) is 15.1 Å². The maximum atomic E-state index is 12.4. The van der Waals surface area contributed by atoms with Gasteiger partial charge in [-0.3, -0.25) is 14.6 Å². The molecule has 2 aliphatic rings. The van der Waals surface area contributed by atoms with Gasteiger partial charge in [-0.05, 0) is 32.6 Å². The predicted molar refractivity (Wildman–Crippen MR) is 93.6 cm³/mol. The molecule has 1 aliphatic carbocycles. The van der Waals surface area contributed by atoms with Crippen LogP contribution in [0.2, 0.25) is 0 Å². The van der Waals surface area contributed by atoms with E-state index in [2.05, 4.69) is 15.1 Å². The molecule has 2 rings (SSSR count). The fourth-order valence-corrected chi connectivity index (χ4v) is 3.66. The van der Waals surface area contributed by atoms with Gasteiger partial charge in [-0.2, -0.15) is 0 Å². The van der Waals surface area contributed by atoms with Crippen LogP contribution in [0.4, 0.5) is 0 Å². The first kappa shape index (κ1) is 18.7. The number of nitrogens with one attached hydrogen (secondary N) is 1. The van der Waals surface area contributed by atoms with Gasteiger partial charge < -0.3 is 10.1 Å². The third kappa shape index (κ3) is 6.40. The van der Waals surface area contributed by atoms with Crippen LogP contribution in [0.3, 0.4) is 0 Å². The molecule has 1 heterocycles. The van der Waals surface area contributed by atoms with E-state index in [1.807, 2.05) is 13.8 Å². The van der Waals surface area contributed by atoms with E-state index in [0.29, 0.717) is 5.92 Å². The highest BCUT2D eigenvalue weighted by Crippen LogP contribution is 2.22. The van der Waals surface area contributed by atoms with E-state index in [9.17, 15) is 4.79 Å². The third-order valence-electron chi connectivity index (χ3n) is 5.38. The second kappa shape index (κ2) is 10.3. The van der Waals surface area contributed by atoms with Crippen molar-refractivity contribution in [1.29, 1.82) is 0 Å². The van der Waals surface area contributed by atoms with Gasteiger partial charge in [-0.25, -0.2) is 0 Å². The van der Waals surface area contributed by atoms with Gasteiger partial charge >= 0.3 is 0 Å². The number of carbonyl (C=O) groups excluding carboxylic acids is 1. The van der Waals surface area contributed by atoms with E-state index >= 15 is 0 Å². The minimum Gasteiger partial charge on any atom is -0.380 e. The molecule has 1 saturated carbocycles. The van der Waals surface area contributed by atoms with Gasteiger partial charge in [0.25, 0.3) is 0 Å². The molecule has 1 amide bonds. The second-order valence-electron chi connectivity index (χ2n) is 7.00. The molecule has 1 atom stereocenters. The molecule has 1 aliphatic heterocycles. The normalized spacial score (nSPS) is 22.9. The van der Waals surface area contributed by atoms with Gasteiger partial charge in [0.2, 0.25) is 5.91 Å². The third-order valence-corrected chi connectivity index (χ3v) is 5.38. The largest absolute Gasteiger partial charge is 0.380 e. The van der Waals surface area contributed by atoms with Crippen LogP contribution >= 0.6 is 0 Å². The van der Waals surface area contributed by atoms with Crippen molar-refractivity contribution in [3.63, 3.8) is 0 Å². The van der Waals surface area contributed by atoms with Crippen LogP contribution in [0.15, 0.2) is 0 Å². The first-order chi connectivity index (χ1) is 11.2. The molecule has 1 N–H and O–H groups in total. The molecular formula is C18H35N3O2. The molecule has 0 radical (unpaired) electrons. The Morgan fingerprint density at radius 1 is 1.17 bits per heavy atom. The lowest BCUT2D eigenvalue weighted by Crippen LogP contribution is -2.54. The number of rotatable bonds is 8. The lowest BCUT2D eigenvalue weighted by Gasteiger charge is -2.37. The molecule has 5 heteroatoms. The molecular weight excluding hydrogens is 290 g/mol. The maximum absolute atomic E-state index is 12.4. The second-order valence-corrected chi connectivity index (χ2v) is 7.00. The zero-order valence-corrected chi connectivity index (χ0v) is 15.1. The molecule has 134 valence electrons. The highest BCUT2D eigenvalue weighted by Gasteiger charge is 2.25. The van der Waals surface area contributed by atoms with Crippen molar-refractivity contribution in [2.24, 2.45) is 5.92 Å². The molecule has 0 aromatic rings. The number of ether oxygens (including phenoxy) is 1. The summed E-state index contributed by atoms with van der Waals surface area (Å²) in [7, 11) is 0. The molecule has 5 nitrogen and oxygen atoms in total. The molecule has 0 aromatic heterocycles. The van der Waals surface area contributed by atoms with Crippen LogP contribution < -0.4 is 5.32 Å². The lowest BCUT2D eigenvalue weighted by molar-refractivity contribution is -0.126. The van der Waals surface area contributed by atoms with Gasteiger partial charge in [0.15, 0.2) is 0 Å². The summed E-state index contributed by atoms with van der Waals surface area (Å²) < 4.78 is 5.42. The molecule has 1 saturated heterocycles. The van der Waals surface area contributed by atoms with Crippen LogP contribution in [0.1, 0.15) is 46.0 Å². The summed E-state index contributed by atoms with van der Waals surface area (Å²) >= 11 is 0. The van der Waals surface area contributed by atoms with E-state index in [1.54, 1.807) is 0 Å². The zero-order chi connectivity index (χ0) is 16.5. The molecule has 2 fully saturated rings. The monoisotopic (exact) mass is 325 g/mol. The number of hydrogen-bond donors (Lipinski definition) is 1. The Bertz CT molecular complexity index is 337. The maximum Gasteiger partial charge on any atom is 0.237 e. The molecule has 0 spiro atoms. The van der Waals surface area contributed by atoms with Crippen molar-refractivity contribution >= 4 is 5.91 Å². The average Bonchev–Trinajstić information content (AvgIpc) is 2.61. The van der Waals surface area contributed by atoms with Crippen LogP contribution in [-0.2, 0) is 9.53 Å². The van der Waals surface area contributed by atoms with Crippen LogP contribution in [0.5, 0.6) is 0 Å². The van der Waals surface area contributed by atoms with Crippen molar-refractivity contribution in [3.05, 3.63) is 0 Å². The van der Waals surface area contributed by atoms with Crippen LogP contribution in [0.25, 0.3) is 0 Å². The fraction of sp³-hybridized carbons (Fsp3) is 0.944. The van der Waals surface area contributed by atoms with E-state index in [1.165, 1.54) is 32.1 Å². The van der Waals surface area contributed by atoms with Crippen molar-refractivity contribution < 1.29 is 9.53 Å². The lowest BCUT2D eigenvalue weighted by atomic mass is 9.89. The Labute approximate surface area is 141 Å². The summed E-state index contributed by atoms with van der Waals surface area (Å²) in [6, 6.07) is -0.00682. The Morgan fingerprint density at radius 3 is 2.52 bits per heavy atom. The van der Waals surface area contributed by atoms with E-state index in [0.717, 1.165) is 52.5 Å². The topological polar surface area (TPSA) is 44.8 Å². The minimum absolute atomic E-state index is 0.00682. The van der Waals surface area contributed by atoms with Gasteiger partial charge in [-0.15, -0.1) is 0 Å². The van der Waals surface area contributed by atoms with Gasteiger partial charge in [0.1, 0.15) is 0 Å². The molecule has 0 aromatic carbocycles. The highest BCUT2D eigenvalue weighted by atomic mass is 16.5. The minimum atomic E-state index is -0.00682. The Balaban J connectivity index is 1.63. The van der Waals surface area contributed by atoms with Crippen molar-refractivity contribution in [2.45, 2.75) is 52.0 Å². The molecule has 0 unspecified atom stereocenters. The number of nitrogens with zero attached hydrogens (tertiary/aromatic N) is 2. The summed E-state index contributed by atoms with van der Waals surface area (Å²) in [6.07, 6.45) is 6.61. The van der Waals surface area contributed by atoms with Crippen molar-refractivity contribution in [2.75, 3.05) is 52.5 Å². The first-order valence-corrected chi connectivity index (χ1v) is 9.52. The Morgan fingerprint density at radius 2 is 1.87 bits per heavy atom. The van der Waals surface area contributed by atoms with E-state index in [4.69, 9.17) is 4.74 Å². The van der Waals surface area contributed by atoms with Crippen LogP contribution in [0, 0.1) is 5.92 Å². The van der Waals surface area contributed by atoms with Gasteiger partial charge in [-0.1, -0.05) is 19.3 Å². The molecule has 23 heavy (non-hydrogen) atoms. The quantitative estimate of drug-likeness (QED) is 0.690. The fourth-order valence-electron chi connectivity index (χ4n) is 3.66. The summed E-state index contributed by atoms with van der Waals surface area (Å²) in [5.74, 6) is 0.911. The van der Waals surface area contributed by atoms with E-state index in [-0.39, 0.29) is 11.9 Å². The summed E-state index contributed by atoms with van der Waals surface area (Å²) in [4.78, 5) is 17.1. The molecule has 0 bridgehead atoms. The first-order valence-electron chi connectivity index (χ1n) is 9.52. The predicted octanol–water partition coefficient (Wildman–Crippen LogP) is 1.73. The van der Waals surface area contributed by atoms with Crippen LogP contribution in [-0.4, -0.2) is 74.2 Å². The number of carbonyl (C=O) groups is 1. The Kier molecular flexibility index (Phi) is 8.34. The SMILES string of the molecule is CCOCCN1CCN([C@@H](C)C(=O)NCC2CCCCC2)CC1. The summed E-state index contributed by atoms with van der Waals surface area (Å²) in [5, 5.41) is 3.19. The number of amides is 1. The number of piperazine rings is 1. The van der Waals surface area contributed by atoms with Gasteiger partial charge in [0.05, 0.1) is 12.6 Å². The zero-order valence-electron chi connectivity index (χ0n) is 15.1. The summed E-state index contributed by atoms with van der Waals surface area (Å²) in [6.45, 7) is 11.6. The highest BCUT2D eigenvalue weighted by molar-refractivity contribution is 5.81. The number of hydrogen-bond acceptors (Lipinski definition) is 4. The van der Waals surface area contributed by atoms with Crippen molar-refractivity contribution in [3.8, 4) is 0 Å². The Hall–Kier alpha value is -0.650. The average molecular weight is 325 g/mol. The standard InChI is InChI=1S/C18H35N3O2/c1-3-23-14-13-20-9-11-21(12-10-20)16(2)18(22)19-15-17-7-5-4-6-8-17/h16-17H,3-15H2,1-2H3,(H,19,22)/t16-/m0/s1. The smallest absolute Gasteiger partial charge is 0.237 e.